The standard InChI is InChI=1S/C20H21BrN2O5/c1-2-27-18(24)6-4-15(10-12-7-8-22-19(12)25)23-20(26)17-11-13-9-14(21)3-5-16(13)28-17/h3-6,9,11-12,15H,2,7-8,10H2,1H3,(H,22,25)(H,23,26)/b6-4+. The van der Waals surface area contributed by atoms with Crippen LogP contribution in [0, 0.1) is 5.92 Å². The first kappa shape index (κ1) is 20.1. The average Bonchev–Trinajstić information content (AvgIpc) is 3.25. The molecule has 28 heavy (non-hydrogen) atoms. The van der Waals surface area contributed by atoms with Crippen LogP contribution in [-0.2, 0) is 14.3 Å². The molecule has 3 rings (SSSR count). The minimum absolute atomic E-state index is 0.0441. The van der Waals surface area contributed by atoms with Crippen molar-refractivity contribution in [1.29, 1.82) is 0 Å². The molecule has 8 heteroatoms. The topological polar surface area (TPSA) is 97.6 Å². The lowest BCUT2D eigenvalue weighted by Gasteiger charge is -2.17. The summed E-state index contributed by atoms with van der Waals surface area (Å²) in [5, 5.41) is 6.41. The maximum absolute atomic E-state index is 12.7. The van der Waals surface area contributed by atoms with Gasteiger partial charge in [0.15, 0.2) is 5.76 Å². The number of halogens is 1. The zero-order chi connectivity index (χ0) is 20.1. The Morgan fingerprint density at radius 3 is 2.96 bits per heavy atom. The van der Waals surface area contributed by atoms with Gasteiger partial charge in [-0.3, -0.25) is 9.59 Å². The molecule has 148 valence electrons. The molecule has 2 amide bonds. The van der Waals surface area contributed by atoms with E-state index in [9.17, 15) is 14.4 Å². The van der Waals surface area contributed by atoms with E-state index in [0.29, 0.717) is 25.0 Å². The number of benzene rings is 1. The van der Waals surface area contributed by atoms with E-state index >= 15 is 0 Å². The molecule has 2 atom stereocenters. The molecule has 0 saturated carbocycles. The summed E-state index contributed by atoms with van der Waals surface area (Å²) < 4.78 is 11.4. The van der Waals surface area contributed by atoms with Gasteiger partial charge in [-0.2, -0.15) is 0 Å². The van der Waals surface area contributed by atoms with Crippen LogP contribution in [0.1, 0.15) is 30.3 Å². The number of hydrogen-bond donors (Lipinski definition) is 2. The number of ether oxygens (including phenoxy) is 1. The second-order valence-corrected chi connectivity index (χ2v) is 7.41. The smallest absolute Gasteiger partial charge is 0.330 e. The average molecular weight is 449 g/mol. The maximum atomic E-state index is 12.7. The third-order valence-electron chi connectivity index (χ3n) is 4.47. The van der Waals surface area contributed by atoms with E-state index < -0.39 is 17.9 Å². The van der Waals surface area contributed by atoms with Crippen LogP contribution in [0.4, 0.5) is 0 Å². The molecule has 0 bridgehead atoms. The second kappa shape index (κ2) is 9.05. The van der Waals surface area contributed by atoms with Crippen LogP contribution >= 0.6 is 15.9 Å². The van der Waals surface area contributed by atoms with Crippen LogP contribution in [0.3, 0.4) is 0 Å². The minimum atomic E-state index is -0.509. The Morgan fingerprint density at radius 1 is 1.43 bits per heavy atom. The van der Waals surface area contributed by atoms with Gasteiger partial charge in [-0.05, 0) is 44.0 Å². The highest BCUT2D eigenvalue weighted by Crippen LogP contribution is 2.24. The second-order valence-electron chi connectivity index (χ2n) is 6.50. The first-order chi connectivity index (χ1) is 13.5. The van der Waals surface area contributed by atoms with Crippen molar-refractivity contribution in [3.8, 4) is 0 Å². The number of esters is 1. The molecule has 1 aliphatic heterocycles. The number of nitrogens with one attached hydrogen (secondary N) is 2. The molecule has 2 heterocycles. The van der Waals surface area contributed by atoms with Crippen LogP contribution in [0.25, 0.3) is 11.0 Å². The van der Waals surface area contributed by atoms with Crippen molar-refractivity contribution < 1.29 is 23.5 Å². The Hall–Kier alpha value is -2.61. The van der Waals surface area contributed by atoms with E-state index in [1.807, 2.05) is 12.1 Å². The van der Waals surface area contributed by atoms with Crippen LogP contribution in [0.2, 0.25) is 0 Å². The fourth-order valence-corrected chi connectivity index (χ4v) is 3.49. The Bertz CT molecular complexity index is 920. The highest BCUT2D eigenvalue weighted by atomic mass is 79.9. The largest absolute Gasteiger partial charge is 0.463 e. The summed E-state index contributed by atoms with van der Waals surface area (Å²) in [6, 6.07) is 6.61. The van der Waals surface area contributed by atoms with E-state index in [1.165, 1.54) is 6.08 Å². The lowest BCUT2D eigenvalue weighted by atomic mass is 9.98. The summed E-state index contributed by atoms with van der Waals surface area (Å²) in [6.07, 6.45) is 3.91. The molecule has 2 aromatic rings. The Kier molecular flexibility index (Phi) is 6.51. The summed E-state index contributed by atoms with van der Waals surface area (Å²) in [7, 11) is 0. The first-order valence-electron chi connectivity index (χ1n) is 9.09. The van der Waals surface area contributed by atoms with Crippen molar-refractivity contribution in [3.05, 3.63) is 46.7 Å². The number of carbonyl (C=O) groups excluding carboxylic acids is 3. The summed E-state index contributed by atoms with van der Waals surface area (Å²) in [5.74, 6) is -1.00. The molecule has 1 saturated heterocycles. The van der Waals surface area contributed by atoms with Crippen LogP contribution in [0.15, 0.2) is 45.3 Å². The summed E-state index contributed by atoms with van der Waals surface area (Å²) >= 11 is 3.39. The molecule has 2 N–H and O–H groups in total. The Morgan fingerprint density at radius 2 is 2.25 bits per heavy atom. The van der Waals surface area contributed by atoms with Gasteiger partial charge in [0.2, 0.25) is 5.91 Å². The molecule has 7 nitrogen and oxygen atoms in total. The minimum Gasteiger partial charge on any atom is -0.463 e. The van der Waals surface area contributed by atoms with Gasteiger partial charge in [0.1, 0.15) is 5.58 Å². The van der Waals surface area contributed by atoms with Gasteiger partial charge in [0.25, 0.3) is 5.91 Å². The van der Waals surface area contributed by atoms with Crippen LogP contribution in [-0.4, -0.2) is 37.0 Å². The molecule has 1 aliphatic rings. The van der Waals surface area contributed by atoms with Gasteiger partial charge in [0.05, 0.1) is 6.61 Å². The maximum Gasteiger partial charge on any atom is 0.330 e. The highest BCUT2D eigenvalue weighted by molar-refractivity contribution is 9.10. The number of amides is 2. The SMILES string of the molecule is CCOC(=O)/C=C/C(CC1CCNC1=O)NC(=O)c1cc2cc(Br)ccc2o1. The van der Waals surface area contributed by atoms with Gasteiger partial charge in [-0.1, -0.05) is 22.0 Å². The fourth-order valence-electron chi connectivity index (χ4n) is 3.11. The van der Waals surface area contributed by atoms with E-state index in [1.54, 1.807) is 25.1 Å². The molecular weight excluding hydrogens is 428 g/mol. The van der Waals surface area contributed by atoms with Crippen LogP contribution < -0.4 is 10.6 Å². The third kappa shape index (κ3) is 5.01. The van der Waals surface area contributed by atoms with E-state index in [-0.39, 0.29) is 24.2 Å². The molecule has 1 aromatic carbocycles. The van der Waals surface area contributed by atoms with Crippen molar-refractivity contribution in [2.45, 2.75) is 25.8 Å². The molecular formula is C20H21BrN2O5. The molecule has 0 radical (unpaired) electrons. The predicted octanol–water partition coefficient (Wildman–Crippen LogP) is 2.94. The van der Waals surface area contributed by atoms with Crippen molar-refractivity contribution in [2.75, 3.05) is 13.2 Å². The number of furan rings is 1. The molecule has 0 aliphatic carbocycles. The number of fused-ring (bicyclic) bond motifs is 1. The fraction of sp³-hybridized carbons (Fsp3) is 0.350. The molecule has 2 unspecified atom stereocenters. The predicted molar refractivity (Wildman–Crippen MR) is 107 cm³/mol. The molecule has 1 aromatic heterocycles. The number of rotatable bonds is 7. The van der Waals surface area contributed by atoms with Gasteiger partial charge < -0.3 is 19.8 Å². The first-order valence-corrected chi connectivity index (χ1v) is 9.88. The van der Waals surface area contributed by atoms with Crippen molar-refractivity contribution in [3.63, 3.8) is 0 Å². The Balaban J connectivity index is 1.74. The lowest BCUT2D eigenvalue weighted by Crippen LogP contribution is -2.36. The summed E-state index contributed by atoms with van der Waals surface area (Å²) in [5.41, 5.74) is 0.599. The monoisotopic (exact) mass is 448 g/mol. The molecule has 1 fully saturated rings. The van der Waals surface area contributed by atoms with Gasteiger partial charge in [0, 0.05) is 34.4 Å². The van der Waals surface area contributed by atoms with E-state index in [0.717, 1.165) is 9.86 Å². The van der Waals surface area contributed by atoms with Gasteiger partial charge in [-0.25, -0.2) is 4.79 Å². The van der Waals surface area contributed by atoms with Crippen molar-refractivity contribution >= 4 is 44.7 Å². The highest BCUT2D eigenvalue weighted by Gasteiger charge is 2.27. The van der Waals surface area contributed by atoms with Crippen molar-refractivity contribution in [2.24, 2.45) is 5.92 Å². The van der Waals surface area contributed by atoms with Crippen molar-refractivity contribution in [1.82, 2.24) is 10.6 Å². The third-order valence-corrected chi connectivity index (χ3v) is 4.96. The summed E-state index contributed by atoms with van der Waals surface area (Å²) in [4.78, 5) is 36.2. The van der Waals surface area contributed by atoms with Crippen LogP contribution in [0.5, 0.6) is 0 Å². The summed E-state index contributed by atoms with van der Waals surface area (Å²) in [6.45, 7) is 2.60. The molecule has 0 spiro atoms. The number of hydrogen-bond acceptors (Lipinski definition) is 5. The number of carbonyl (C=O) groups is 3. The van der Waals surface area contributed by atoms with Gasteiger partial charge in [-0.15, -0.1) is 0 Å². The zero-order valence-corrected chi connectivity index (χ0v) is 17.0. The van der Waals surface area contributed by atoms with Gasteiger partial charge >= 0.3 is 5.97 Å². The normalized spacial score (nSPS) is 17.6. The van der Waals surface area contributed by atoms with E-state index in [2.05, 4.69) is 26.6 Å². The zero-order valence-electron chi connectivity index (χ0n) is 15.4. The Labute approximate surface area is 170 Å². The lowest BCUT2D eigenvalue weighted by molar-refractivity contribution is -0.137. The van der Waals surface area contributed by atoms with E-state index in [4.69, 9.17) is 9.15 Å². The quantitative estimate of drug-likeness (QED) is 0.501.